The van der Waals surface area contributed by atoms with Crippen LogP contribution in [0, 0.1) is 6.92 Å². The zero-order valence-corrected chi connectivity index (χ0v) is 10.9. The van der Waals surface area contributed by atoms with E-state index in [-0.39, 0.29) is 12.1 Å². The Morgan fingerprint density at radius 3 is 2.50 bits per heavy atom. The van der Waals surface area contributed by atoms with E-state index in [1.165, 1.54) is 0 Å². The summed E-state index contributed by atoms with van der Waals surface area (Å²) in [4.78, 5) is 11.5. The molecule has 0 aliphatic carbocycles. The Balaban J connectivity index is 2.88. The standard InChI is InChI=1S/C11H14Cl2N2O/c1-6(2)14-11(16)15-10-8(12)5-4-7(3)9(10)13/h4-6H,1-3H3,(H2,14,15,16). The number of carbonyl (C=O) groups excluding carboxylic acids is 1. The Bertz CT molecular complexity index is 405. The molecular formula is C11H14Cl2N2O. The smallest absolute Gasteiger partial charge is 0.319 e. The van der Waals surface area contributed by atoms with Crippen molar-refractivity contribution in [3.05, 3.63) is 27.7 Å². The van der Waals surface area contributed by atoms with Crippen molar-refractivity contribution in [1.29, 1.82) is 0 Å². The Kier molecular flexibility index (Phi) is 4.44. The summed E-state index contributed by atoms with van der Waals surface area (Å²) in [6.45, 7) is 5.60. The number of nitrogens with one attached hydrogen (secondary N) is 2. The summed E-state index contributed by atoms with van der Waals surface area (Å²) in [5.41, 5.74) is 1.31. The van der Waals surface area contributed by atoms with Gasteiger partial charge in [-0.15, -0.1) is 0 Å². The lowest BCUT2D eigenvalue weighted by molar-refractivity contribution is 0.250. The van der Waals surface area contributed by atoms with Crippen molar-refractivity contribution in [2.75, 3.05) is 5.32 Å². The second-order valence-electron chi connectivity index (χ2n) is 3.81. The van der Waals surface area contributed by atoms with Crippen LogP contribution in [-0.2, 0) is 0 Å². The highest BCUT2D eigenvalue weighted by atomic mass is 35.5. The van der Waals surface area contributed by atoms with Crippen LogP contribution in [0.15, 0.2) is 12.1 Å². The largest absolute Gasteiger partial charge is 0.336 e. The van der Waals surface area contributed by atoms with E-state index in [0.717, 1.165) is 5.56 Å². The molecule has 0 aliphatic heterocycles. The fraction of sp³-hybridized carbons (Fsp3) is 0.364. The van der Waals surface area contributed by atoms with E-state index in [1.54, 1.807) is 12.1 Å². The normalized spacial score (nSPS) is 10.4. The van der Waals surface area contributed by atoms with Crippen LogP contribution >= 0.6 is 23.2 Å². The Morgan fingerprint density at radius 1 is 1.31 bits per heavy atom. The van der Waals surface area contributed by atoms with Gasteiger partial charge in [-0.1, -0.05) is 29.3 Å². The lowest BCUT2D eigenvalue weighted by Gasteiger charge is -2.13. The monoisotopic (exact) mass is 260 g/mol. The van der Waals surface area contributed by atoms with E-state index < -0.39 is 0 Å². The van der Waals surface area contributed by atoms with Crippen LogP contribution in [0.2, 0.25) is 10.0 Å². The topological polar surface area (TPSA) is 41.1 Å². The number of amides is 2. The van der Waals surface area contributed by atoms with Crippen molar-refractivity contribution < 1.29 is 4.79 Å². The van der Waals surface area contributed by atoms with Crippen LogP contribution in [0.4, 0.5) is 10.5 Å². The minimum absolute atomic E-state index is 0.0577. The summed E-state index contributed by atoms with van der Waals surface area (Å²) in [5, 5.41) is 6.22. The summed E-state index contributed by atoms with van der Waals surface area (Å²) in [5.74, 6) is 0. The van der Waals surface area contributed by atoms with E-state index in [4.69, 9.17) is 23.2 Å². The van der Waals surface area contributed by atoms with Crippen molar-refractivity contribution in [2.45, 2.75) is 26.8 Å². The molecule has 0 unspecified atom stereocenters. The molecule has 0 saturated carbocycles. The van der Waals surface area contributed by atoms with E-state index in [1.807, 2.05) is 20.8 Å². The molecular weight excluding hydrogens is 247 g/mol. The Morgan fingerprint density at radius 2 is 1.94 bits per heavy atom. The molecule has 0 fully saturated rings. The van der Waals surface area contributed by atoms with Gasteiger partial charge in [-0.3, -0.25) is 0 Å². The highest BCUT2D eigenvalue weighted by molar-refractivity contribution is 6.40. The number of anilines is 1. The maximum Gasteiger partial charge on any atom is 0.319 e. The number of hydrogen-bond donors (Lipinski definition) is 2. The molecule has 0 radical (unpaired) electrons. The molecule has 0 heterocycles. The molecule has 88 valence electrons. The lowest BCUT2D eigenvalue weighted by Crippen LogP contribution is -2.34. The zero-order chi connectivity index (χ0) is 12.3. The maximum absolute atomic E-state index is 11.5. The van der Waals surface area contributed by atoms with Crippen LogP contribution < -0.4 is 10.6 Å². The minimum Gasteiger partial charge on any atom is -0.336 e. The number of urea groups is 1. The summed E-state index contributed by atoms with van der Waals surface area (Å²) in [6, 6.07) is 3.25. The predicted octanol–water partition coefficient (Wildman–Crippen LogP) is 3.83. The van der Waals surface area contributed by atoms with Crippen molar-refractivity contribution in [3.63, 3.8) is 0 Å². The number of benzene rings is 1. The molecule has 5 heteroatoms. The third-order valence-corrected chi connectivity index (χ3v) is 2.74. The fourth-order valence-electron chi connectivity index (χ4n) is 1.18. The predicted molar refractivity (Wildman–Crippen MR) is 68.5 cm³/mol. The molecule has 0 spiro atoms. The molecule has 16 heavy (non-hydrogen) atoms. The van der Waals surface area contributed by atoms with E-state index in [2.05, 4.69) is 10.6 Å². The van der Waals surface area contributed by atoms with Gasteiger partial charge in [0, 0.05) is 6.04 Å². The van der Waals surface area contributed by atoms with Crippen LogP contribution in [0.3, 0.4) is 0 Å². The molecule has 0 atom stereocenters. The van der Waals surface area contributed by atoms with Gasteiger partial charge < -0.3 is 10.6 Å². The first-order valence-electron chi connectivity index (χ1n) is 4.94. The third-order valence-electron chi connectivity index (χ3n) is 1.94. The molecule has 1 aromatic rings. The lowest BCUT2D eigenvalue weighted by atomic mass is 10.2. The fourth-order valence-corrected chi connectivity index (χ4v) is 1.65. The number of rotatable bonds is 2. The molecule has 0 aromatic heterocycles. The van der Waals surface area contributed by atoms with Crippen molar-refractivity contribution in [3.8, 4) is 0 Å². The molecule has 3 nitrogen and oxygen atoms in total. The molecule has 0 bridgehead atoms. The van der Waals surface area contributed by atoms with Gasteiger partial charge in [-0.2, -0.15) is 0 Å². The quantitative estimate of drug-likeness (QED) is 0.834. The van der Waals surface area contributed by atoms with Crippen molar-refractivity contribution in [1.82, 2.24) is 5.32 Å². The van der Waals surface area contributed by atoms with E-state index in [9.17, 15) is 4.79 Å². The maximum atomic E-state index is 11.5. The van der Waals surface area contributed by atoms with Crippen LogP contribution in [0.1, 0.15) is 19.4 Å². The molecule has 1 rings (SSSR count). The van der Waals surface area contributed by atoms with Crippen LogP contribution in [0.5, 0.6) is 0 Å². The summed E-state index contributed by atoms with van der Waals surface area (Å²) < 4.78 is 0. The van der Waals surface area contributed by atoms with E-state index in [0.29, 0.717) is 15.7 Å². The summed E-state index contributed by atoms with van der Waals surface area (Å²) >= 11 is 12.0. The summed E-state index contributed by atoms with van der Waals surface area (Å²) in [7, 11) is 0. The highest BCUT2D eigenvalue weighted by Crippen LogP contribution is 2.32. The Hall–Kier alpha value is -0.930. The van der Waals surface area contributed by atoms with E-state index >= 15 is 0 Å². The van der Waals surface area contributed by atoms with Crippen molar-refractivity contribution in [2.24, 2.45) is 0 Å². The zero-order valence-electron chi connectivity index (χ0n) is 9.40. The van der Waals surface area contributed by atoms with Crippen LogP contribution in [-0.4, -0.2) is 12.1 Å². The SMILES string of the molecule is Cc1ccc(Cl)c(NC(=O)NC(C)C)c1Cl. The molecule has 0 aliphatic rings. The molecule has 2 N–H and O–H groups in total. The number of aryl methyl sites for hydroxylation is 1. The van der Waals surface area contributed by atoms with Crippen LogP contribution in [0.25, 0.3) is 0 Å². The average Bonchev–Trinajstić information content (AvgIpc) is 2.17. The number of carbonyl (C=O) groups is 1. The minimum atomic E-state index is -0.315. The number of hydrogen-bond acceptors (Lipinski definition) is 1. The van der Waals surface area contributed by atoms with Gasteiger partial charge >= 0.3 is 6.03 Å². The molecule has 0 saturated heterocycles. The van der Waals surface area contributed by atoms with Gasteiger partial charge in [-0.05, 0) is 32.4 Å². The number of halogens is 2. The molecule has 2 amide bonds. The van der Waals surface area contributed by atoms with Crippen molar-refractivity contribution >= 4 is 34.9 Å². The second kappa shape index (κ2) is 5.41. The first kappa shape index (κ1) is 13.1. The summed E-state index contributed by atoms with van der Waals surface area (Å²) in [6.07, 6.45) is 0. The Labute approximate surface area is 105 Å². The van der Waals surface area contributed by atoms with Gasteiger partial charge in [0.1, 0.15) is 0 Å². The van der Waals surface area contributed by atoms with Gasteiger partial charge in [-0.25, -0.2) is 4.79 Å². The first-order chi connectivity index (χ1) is 7.41. The van der Waals surface area contributed by atoms with Gasteiger partial charge in [0.2, 0.25) is 0 Å². The second-order valence-corrected chi connectivity index (χ2v) is 4.59. The van der Waals surface area contributed by atoms with Gasteiger partial charge in [0.15, 0.2) is 0 Å². The highest BCUT2D eigenvalue weighted by Gasteiger charge is 2.11. The van der Waals surface area contributed by atoms with Gasteiger partial charge in [0.25, 0.3) is 0 Å². The van der Waals surface area contributed by atoms with Gasteiger partial charge in [0.05, 0.1) is 15.7 Å². The molecule has 1 aromatic carbocycles. The third kappa shape index (κ3) is 3.29. The first-order valence-corrected chi connectivity index (χ1v) is 5.69. The average molecular weight is 261 g/mol.